The van der Waals surface area contributed by atoms with Crippen LogP contribution in [0.4, 0.5) is 0 Å². The van der Waals surface area contributed by atoms with Gasteiger partial charge >= 0.3 is 11.9 Å². The molecule has 1 atom stereocenters. The topological polar surface area (TPSA) is 83.8 Å². The first-order chi connectivity index (χ1) is 12.9. The number of aliphatic hydroxyl groups is 2. The number of carbonyl (C=O) groups excluding carboxylic acids is 2. The van der Waals surface area contributed by atoms with E-state index in [1.54, 1.807) is 0 Å². The largest absolute Gasteiger partial charge is 0.396 e. The van der Waals surface area contributed by atoms with Gasteiger partial charge in [-0.15, -0.1) is 0 Å². The lowest BCUT2D eigenvalue weighted by atomic mass is 10.0. The zero-order chi connectivity index (χ0) is 20.5. The van der Waals surface area contributed by atoms with E-state index in [2.05, 4.69) is 11.3 Å². The van der Waals surface area contributed by atoms with Gasteiger partial charge in [0.15, 0.2) is 0 Å². The van der Waals surface area contributed by atoms with E-state index in [0.717, 1.165) is 32.1 Å². The summed E-state index contributed by atoms with van der Waals surface area (Å²) in [7, 11) is 0. The Labute approximate surface area is 164 Å². The summed E-state index contributed by atoms with van der Waals surface area (Å²) in [5.74, 6) is -1.48. The van der Waals surface area contributed by atoms with Crippen molar-refractivity contribution in [2.24, 2.45) is 0 Å². The molecule has 0 aliphatic rings. The zero-order valence-electron chi connectivity index (χ0n) is 17.2. The first kappa shape index (κ1) is 25.5. The van der Waals surface area contributed by atoms with E-state index < -0.39 is 18.0 Å². The summed E-state index contributed by atoms with van der Waals surface area (Å²) in [4.78, 5) is 23.0. The van der Waals surface area contributed by atoms with Crippen LogP contribution in [0.5, 0.6) is 0 Å². The molecule has 27 heavy (non-hydrogen) atoms. The van der Waals surface area contributed by atoms with Gasteiger partial charge in [0.1, 0.15) is 0 Å². The summed E-state index contributed by atoms with van der Waals surface area (Å²) in [5.41, 5.74) is 0.398. The highest BCUT2D eigenvalue weighted by molar-refractivity contribution is 6.01. The number of unbranched alkanes of at least 4 members (excludes halogenated alkanes) is 10. The minimum absolute atomic E-state index is 0.165. The third-order valence-corrected chi connectivity index (χ3v) is 4.46. The molecule has 0 spiro atoms. The SMILES string of the molecule is C=C(C)C(=O)OC(=O)C(C)=CC(O)CCCCCCCCCCCCCO. The van der Waals surface area contributed by atoms with Crippen molar-refractivity contribution >= 4 is 11.9 Å². The molecule has 0 bridgehead atoms. The van der Waals surface area contributed by atoms with Crippen LogP contribution in [0, 0.1) is 0 Å². The Bertz CT molecular complexity index is 467. The summed E-state index contributed by atoms with van der Waals surface area (Å²) in [5, 5.41) is 18.7. The van der Waals surface area contributed by atoms with Crippen LogP contribution >= 0.6 is 0 Å². The van der Waals surface area contributed by atoms with Gasteiger partial charge in [-0.2, -0.15) is 0 Å². The van der Waals surface area contributed by atoms with Gasteiger partial charge in [0.25, 0.3) is 0 Å². The molecule has 5 heteroatoms. The van der Waals surface area contributed by atoms with Crippen molar-refractivity contribution in [1.82, 2.24) is 0 Å². The number of esters is 2. The van der Waals surface area contributed by atoms with Gasteiger partial charge in [0.05, 0.1) is 6.10 Å². The molecule has 0 rings (SSSR count). The second kappa shape index (κ2) is 16.7. The molecule has 0 aliphatic carbocycles. The Morgan fingerprint density at radius 3 is 1.74 bits per heavy atom. The molecule has 0 aromatic carbocycles. The molecule has 0 aliphatic heterocycles. The van der Waals surface area contributed by atoms with Crippen LogP contribution in [0.15, 0.2) is 23.8 Å². The van der Waals surface area contributed by atoms with E-state index in [9.17, 15) is 14.7 Å². The molecule has 2 N–H and O–H groups in total. The van der Waals surface area contributed by atoms with Gasteiger partial charge in [0, 0.05) is 17.8 Å². The molecular formula is C22H38O5. The highest BCUT2D eigenvalue weighted by Gasteiger charge is 2.14. The molecular weight excluding hydrogens is 344 g/mol. The van der Waals surface area contributed by atoms with Crippen LogP contribution < -0.4 is 0 Å². The van der Waals surface area contributed by atoms with Crippen LogP contribution in [0.25, 0.3) is 0 Å². The van der Waals surface area contributed by atoms with Gasteiger partial charge < -0.3 is 14.9 Å². The maximum atomic E-state index is 11.7. The number of carbonyl (C=O) groups is 2. The molecule has 0 heterocycles. The lowest BCUT2D eigenvalue weighted by Gasteiger charge is -2.08. The average Bonchev–Trinajstić information content (AvgIpc) is 2.62. The lowest BCUT2D eigenvalue weighted by molar-refractivity contribution is -0.154. The Balaban J connectivity index is 3.67. The second-order valence-corrected chi connectivity index (χ2v) is 7.28. The molecule has 0 amide bonds. The Morgan fingerprint density at radius 1 is 0.852 bits per heavy atom. The number of rotatable bonds is 16. The molecule has 5 nitrogen and oxygen atoms in total. The third-order valence-electron chi connectivity index (χ3n) is 4.46. The van der Waals surface area contributed by atoms with Gasteiger partial charge in [-0.3, -0.25) is 0 Å². The summed E-state index contributed by atoms with van der Waals surface area (Å²) in [6, 6.07) is 0. The maximum absolute atomic E-state index is 11.7. The summed E-state index contributed by atoms with van der Waals surface area (Å²) < 4.78 is 4.62. The van der Waals surface area contributed by atoms with Gasteiger partial charge in [0.2, 0.25) is 0 Å². The van der Waals surface area contributed by atoms with E-state index >= 15 is 0 Å². The minimum atomic E-state index is -0.743. The van der Waals surface area contributed by atoms with Crippen molar-refractivity contribution in [3.8, 4) is 0 Å². The zero-order valence-corrected chi connectivity index (χ0v) is 17.2. The van der Waals surface area contributed by atoms with Crippen LogP contribution in [0.2, 0.25) is 0 Å². The van der Waals surface area contributed by atoms with Crippen LogP contribution in [-0.2, 0) is 14.3 Å². The summed E-state index contributed by atoms with van der Waals surface area (Å²) in [6.07, 6.45) is 14.1. The van der Waals surface area contributed by atoms with Crippen molar-refractivity contribution in [3.05, 3.63) is 23.8 Å². The second-order valence-electron chi connectivity index (χ2n) is 7.28. The van der Waals surface area contributed by atoms with E-state index in [1.165, 1.54) is 58.4 Å². The fourth-order valence-corrected chi connectivity index (χ4v) is 2.75. The van der Waals surface area contributed by atoms with Crippen LogP contribution in [0.3, 0.4) is 0 Å². The van der Waals surface area contributed by atoms with Gasteiger partial charge in [-0.1, -0.05) is 70.8 Å². The first-order valence-electron chi connectivity index (χ1n) is 10.3. The molecule has 0 fully saturated rings. The first-order valence-corrected chi connectivity index (χ1v) is 10.3. The number of aliphatic hydroxyl groups excluding tert-OH is 2. The molecule has 0 saturated heterocycles. The van der Waals surface area contributed by atoms with E-state index in [0.29, 0.717) is 13.0 Å². The van der Waals surface area contributed by atoms with Crippen molar-refractivity contribution in [3.63, 3.8) is 0 Å². The normalized spacial score (nSPS) is 12.7. The minimum Gasteiger partial charge on any atom is -0.396 e. The van der Waals surface area contributed by atoms with Crippen molar-refractivity contribution < 1.29 is 24.5 Å². The predicted octanol–water partition coefficient (Wildman–Crippen LogP) is 4.61. The number of hydrogen-bond acceptors (Lipinski definition) is 5. The number of hydrogen-bond donors (Lipinski definition) is 2. The fraction of sp³-hybridized carbons (Fsp3) is 0.727. The third kappa shape index (κ3) is 15.3. The van der Waals surface area contributed by atoms with Crippen LogP contribution in [-0.4, -0.2) is 34.9 Å². The molecule has 156 valence electrons. The Morgan fingerprint density at radius 2 is 1.30 bits per heavy atom. The van der Waals surface area contributed by atoms with Crippen molar-refractivity contribution in [2.45, 2.75) is 97.0 Å². The molecule has 0 aromatic rings. The van der Waals surface area contributed by atoms with E-state index in [4.69, 9.17) is 5.11 Å². The maximum Gasteiger partial charge on any atom is 0.341 e. The molecule has 1 unspecified atom stereocenters. The lowest BCUT2D eigenvalue weighted by Crippen LogP contribution is -2.15. The van der Waals surface area contributed by atoms with E-state index in [1.807, 2.05) is 0 Å². The quantitative estimate of drug-likeness (QED) is 0.176. The average molecular weight is 383 g/mol. The smallest absolute Gasteiger partial charge is 0.341 e. The fourth-order valence-electron chi connectivity index (χ4n) is 2.75. The predicted molar refractivity (Wildman–Crippen MR) is 108 cm³/mol. The summed E-state index contributed by atoms with van der Waals surface area (Å²) >= 11 is 0. The van der Waals surface area contributed by atoms with E-state index in [-0.39, 0.29) is 11.1 Å². The number of ether oxygens (including phenoxy) is 1. The Kier molecular flexibility index (Phi) is 15.8. The van der Waals surface area contributed by atoms with Crippen LogP contribution in [0.1, 0.15) is 90.9 Å². The highest BCUT2D eigenvalue weighted by atomic mass is 16.6. The standard InChI is InChI=1S/C22H38O5/c1-18(2)21(25)27-22(26)19(3)17-20(24)15-13-11-9-7-5-4-6-8-10-12-14-16-23/h17,20,23-24H,1,4-16H2,2-3H3. The van der Waals surface area contributed by atoms with Gasteiger partial charge in [-0.05, 0) is 32.8 Å². The van der Waals surface area contributed by atoms with Crippen molar-refractivity contribution in [2.75, 3.05) is 6.61 Å². The van der Waals surface area contributed by atoms with Gasteiger partial charge in [-0.25, -0.2) is 9.59 Å². The summed E-state index contributed by atoms with van der Waals surface area (Å²) in [6.45, 7) is 6.73. The highest BCUT2D eigenvalue weighted by Crippen LogP contribution is 2.13. The monoisotopic (exact) mass is 382 g/mol. The molecule has 0 radical (unpaired) electrons. The Hall–Kier alpha value is -1.46. The molecule has 0 saturated carbocycles. The molecule has 0 aromatic heterocycles. The van der Waals surface area contributed by atoms with Crippen molar-refractivity contribution in [1.29, 1.82) is 0 Å².